The zero-order chi connectivity index (χ0) is 18.5. The van der Waals surface area contributed by atoms with Gasteiger partial charge in [-0.15, -0.1) is 0 Å². The topological polar surface area (TPSA) is 63.8 Å². The highest BCUT2D eigenvalue weighted by atomic mass is 35.5. The molecule has 0 amide bonds. The predicted octanol–water partition coefficient (Wildman–Crippen LogP) is 4.67. The molecular formula is C20H17ClN2O3. The second-order valence-corrected chi connectivity index (χ2v) is 5.95. The largest absolute Gasteiger partial charge is 0.497 e. The van der Waals surface area contributed by atoms with Crippen molar-refractivity contribution >= 4 is 18.0 Å². The summed E-state index contributed by atoms with van der Waals surface area (Å²) in [4.78, 5) is 4.19. The number of nitrogens with zero attached hydrogens (tertiary/aromatic N) is 2. The van der Waals surface area contributed by atoms with Crippen molar-refractivity contribution < 1.29 is 14.2 Å². The summed E-state index contributed by atoms with van der Waals surface area (Å²) in [6, 6.07) is 15.1. The lowest BCUT2D eigenvalue weighted by molar-refractivity contribution is 0.335. The Morgan fingerprint density at radius 1 is 1.27 bits per heavy atom. The van der Waals surface area contributed by atoms with E-state index in [4.69, 9.17) is 25.8 Å². The average molecular weight is 369 g/mol. The van der Waals surface area contributed by atoms with Crippen LogP contribution in [-0.2, 0) is 4.74 Å². The lowest BCUT2D eigenvalue weighted by Gasteiger charge is -2.26. The third kappa shape index (κ3) is 3.51. The molecule has 3 rings (SSSR count). The van der Waals surface area contributed by atoms with Crippen LogP contribution in [0, 0.1) is 11.3 Å². The van der Waals surface area contributed by atoms with Gasteiger partial charge < -0.3 is 14.2 Å². The fraction of sp³-hybridized carbons (Fsp3) is 0.200. The molecule has 0 bridgehead atoms. The van der Waals surface area contributed by atoms with E-state index in [9.17, 15) is 5.26 Å². The molecule has 0 N–H and O–H groups in total. The van der Waals surface area contributed by atoms with E-state index >= 15 is 0 Å². The van der Waals surface area contributed by atoms with Crippen LogP contribution in [0.5, 0.6) is 11.5 Å². The van der Waals surface area contributed by atoms with Gasteiger partial charge in [0.05, 0.1) is 19.6 Å². The third-order valence-corrected chi connectivity index (χ3v) is 4.24. The van der Waals surface area contributed by atoms with Crippen LogP contribution < -0.4 is 9.47 Å². The average Bonchev–Trinajstić information content (AvgIpc) is 2.67. The van der Waals surface area contributed by atoms with Gasteiger partial charge in [-0.25, -0.2) is 0 Å². The SMILES string of the molecule is CCO/C=N/C1=C(C#N)C(c2ccc(Cl)cc2)c2ccc(OC)cc2O1. The molecule has 132 valence electrons. The first-order chi connectivity index (χ1) is 12.7. The molecule has 1 aliphatic rings. The van der Waals surface area contributed by atoms with Gasteiger partial charge in [-0.05, 0) is 30.7 Å². The molecule has 1 unspecified atom stereocenters. The Kier molecular flexibility index (Phi) is 5.45. The van der Waals surface area contributed by atoms with Crippen molar-refractivity contribution in [1.82, 2.24) is 0 Å². The van der Waals surface area contributed by atoms with E-state index in [0.29, 0.717) is 28.7 Å². The second-order valence-electron chi connectivity index (χ2n) is 5.51. The third-order valence-electron chi connectivity index (χ3n) is 3.99. The van der Waals surface area contributed by atoms with Crippen molar-refractivity contribution in [3.63, 3.8) is 0 Å². The molecule has 2 aromatic rings. The standard InChI is InChI=1S/C20H17ClN2O3/c1-3-25-12-23-20-17(11-22)19(13-4-6-14(21)7-5-13)16-9-8-15(24-2)10-18(16)26-20/h4-10,12,19H,3H2,1-2H3/b23-12+. The number of allylic oxidation sites excluding steroid dienone is 1. The number of ether oxygens (including phenoxy) is 3. The van der Waals surface area contributed by atoms with Crippen LogP contribution in [0.25, 0.3) is 0 Å². The minimum Gasteiger partial charge on any atom is -0.497 e. The molecule has 0 radical (unpaired) electrons. The number of hydrogen-bond acceptors (Lipinski definition) is 5. The normalized spacial score (nSPS) is 16.0. The number of hydrogen-bond donors (Lipinski definition) is 0. The summed E-state index contributed by atoms with van der Waals surface area (Å²) < 4.78 is 16.3. The molecule has 6 heteroatoms. The summed E-state index contributed by atoms with van der Waals surface area (Å²) in [6.07, 6.45) is 1.29. The van der Waals surface area contributed by atoms with Crippen molar-refractivity contribution in [1.29, 1.82) is 5.26 Å². The Hall–Kier alpha value is -2.97. The summed E-state index contributed by atoms with van der Waals surface area (Å²) in [7, 11) is 1.59. The van der Waals surface area contributed by atoms with Gasteiger partial charge in [0.2, 0.25) is 5.88 Å². The van der Waals surface area contributed by atoms with Crippen LogP contribution in [0.3, 0.4) is 0 Å². The van der Waals surface area contributed by atoms with Gasteiger partial charge in [-0.3, -0.25) is 0 Å². The number of methoxy groups -OCH3 is 1. The first kappa shape index (κ1) is 17.8. The highest BCUT2D eigenvalue weighted by Crippen LogP contribution is 2.44. The van der Waals surface area contributed by atoms with E-state index in [2.05, 4.69) is 11.1 Å². The van der Waals surface area contributed by atoms with Crippen molar-refractivity contribution in [3.05, 3.63) is 70.1 Å². The molecule has 26 heavy (non-hydrogen) atoms. The van der Waals surface area contributed by atoms with Gasteiger partial charge >= 0.3 is 0 Å². The molecule has 0 fully saturated rings. The van der Waals surface area contributed by atoms with E-state index in [1.807, 2.05) is 31.2 Å². The highest BCUT2D eigenvalue weighted by molar-refractivity contribution is 6.30. The maximum atomic E-state index is 9.78. The molecule has 0 spiro atoms. The number of aliphatic imine (C=N–C) groups is 1. The maximum absolute atomic E-state index is 9.78. The summed E-state index contributed by atoms with van der Waals surface area (Å²) in [5.74, 6) is 1.14. The van der Waals surface area contributed by atoms with Crippen molar-refractivity contribution in [2.24, 2.45) is 4.99 Å². The van der Waals surface area contributed by atoms with Gasteiger partial charge in [0, 0.05) is 16.7 Å². The number of benzene rings is 2. The van der Waals surface area contributed by atoms with Gasteiger partial charge in [-0.1, -0.05) is 29.8 Å². The van der Waals surface area contributed by atoms with Crippen LogP contribution in [0.1, 0.15) is 24.0 Å². The lowest BCUT2D eigenvalue weighted by Crippen LogP contribution is -2.16. The smallest absolute Gasteiger partial charge is 0.236 e. The van der Waals surface area contributed by atoms with E-state index < -0.39 is 0 Å². The molecule has 1 heterocycles. The number of rotatable bonds is 5. The molecule has 0 saturated heterocycles. The Bertz CT molecular complexity index is 898. The van der Waals surface area contributed by atoms with E-state index in [-0.39, 0.29) is 11.8 Å². The fourth-order valence-corrected chi connectivity index (χ4v) is 2.90. The van der Waals surface area contributed by atoms with Gasteiger partial charge in [0.1, 0.15) is 23.1 Å². The van der Waals surface area contributed by atoms with Crippen LogP contribution in [0.2, 0.25) is 5.02 Å². The maximum Gasteiger partial charge on any atom is 0.236 e. The molecule has 0 saturated carbocycles. The predicted molar refractivity (Wildman–Crippen MR) is 99.7 cm³/mol. The molecule has 1 aliphatic heterocycles. The Morgan fingerprint density at radius 2 is 2.04 bits per heavy atom. The molecule has 0 aliphatic carbocycles. The minimum atomic E-state index is -0.319. The Morgan fingerprint density at radius 3 is 2.69 bits per heavy atom. The lowest BCUT2D eigenvalue weighted by atomic mass is 9.83. The summed E-state index contributed by atoms with van der Waals surface area (Å²) in [5, 5.41) is 10.4. The van der Waals surface area contributed by atoms with Crippen molar-refractivity contribution in [2.45, 2.75) is 12.8 Å². The molecular weight excluding hydrogens is 352 g/mol. The monoisotopic (exact) mass is 368 g/mol. The number of halogens is 1. The molecule has 2 aromatic carbocycles. The van der Waals surface area contributed by atoms with E-state index in [1.165, 1.54) is 6.40 Å². The van der Waals surface area contributed by atoms with Gasteiger partial charge in [-0.2, -0.15) is 10.3 Å². The quantitative estimate of drug-likeness (QED) is 0.568. The molecule has 0 aromatic heterocycles. The van der Waals surface area contributed by atoms with Crippen molar-refractivity contribution in [2.75, 3.05) is 13.7 Å². The summed E-state index contributed by atoms with van der Waals surface area (Å²) >= 11 is 6.02. The van der Waals surface area contributed by atoms with Crippen LogP contribution in [0.15, 0.2) is 58.9 Å². The van der Waals surface area contributed by atoms with Crippen LogP contribution in [0.4, 0.5) is 0 Å². The van der Waals surface area contributed by atoms with E-state index in [1.54, 1.807) is 25.3 Å². The first-order valence-corrected chi connectivity index (χ1v) is 8.45. The number of fused-ring (bicyclic) bond motifs is 1. The second kappa shape index (κ2) is 7.94. The van der Waals surface area contributed by atoms with Crippen LogP contribution >= 0.6 is 11.6 Å². The van der Waals surface area contributed by atoms with Gasteiger partial charge in [0.15, 0.2) is 6.40 Å². The van der Waals surface area contributed by atoms with Crippen molar-refractivity contribution in [3.8, 4) is 17.6 Å². The number of nitriles is 1. The molecule has 5 nitrogen and oxygen atoms in total. The minimum absolute atomic E-state index is 0.210. The zero-order valence-corrected chi connectivity index (χ0v) is 15.2. The Balaban J connectivity index is 2.16. The van der Waals surface area contributed by atoms with Gasteiger partial charge in [0.25, 0.3) is 0 Å². The highest BCUT2D eigenvalue weighted by Gasteiger charge is 2.31. The summed E-state index contributed by atoms with van der Waals surface area (Å²) in [6.45, 7) is 2.33. The van der Waals surface area contributed by atoms with Crippen LogP contribution in [-0.4, -0.2) is 20.1 Å². The summed E-state index contributed by atoms with van der Waals surface area (Å²) in [5.41, 5.74) is 2.19. The van der Waals surface area contributed by atoms with E-state index in [0.717, 1.165) is 11.1 Å². The zero-order valence-electron chi connectivity index (χ0n) is 14.4. The molecule has 1 atom stereocenters. The first-order valence-electron chi connectivity index (χ1n) is 8.07. The Labute approximate surface area is 157 Å². The fourth-order valence-electron chi connectivity index (χ4n) is 2.78.